The lowest BCUT2D eigenvalue weighted by Gasteiger charge is -2.21. The second kappa shape index (κ2) is 4.92. The van der Waals surface area contributed by atoms with Gasteiger partial charge in [-0.05, 0) is 43.6 Å². The van der Waals surface area contributed by atoms with E-state index < -0.39 is 0 Å². The fourth-order valence-corrected chi connectivity index (χ4v) is 3.67. The highest BCUT2D eigenvalue weighted by Crippen LogP contribution is 2.43. The quantitative estimate of drug-likeness (QED) is 0.774. The van der Waals surface area contributed by atoms with E-state index in [4.69, 9.17) is 4.74 Å². The van der Waals surface area contributed by atoms with Crippen LogP contribution in [-0.2, 0) is 4.74 Å². The molecule has 1 N–H and O–H groups in total. The van der Waals surface area contributed by atoms with Gasteiger partial charge in [0, 0.05) is 19.1 Å². The Labute approximate surface area is 108 Å². The summed E-state index contributed by atoms with van der Waals surface area (Å²) in [7, 11) is 1.45. The third-order valence-corrected chi connectivity index (χ3v) is 4.71. The van der Waals surface area contributed by atoms with Crippen molar-refractivity contribution in [3.8, 4) is 0 Å². The Morgan fingerprint density at radius 2 is 2.33 bits per heavy atom. The number of carbonyl (C=O) groups is 1. The summed E-state index contributed by atoms with van der Waals surface area (Å²) in [6, 6.07) is 0.451. The van der Waals surface area contributed by atoms with Crippen LogP contribution < -0.4 is 5.32 Å². The van der Waals surface area contributed by atoms with Gasteiger partial charge in [-0.3, -0.25) is 0 Å². The van der Waals surface area contributed by atoms with Gasteiger partial charge in [-0.15, -0.1) is 0 Å². The molecule has 0 radical (unpaired) electrons. The third-order valence-electron chi connectivity index (χ3n) is 4.71. The van der Waals surface area contributed by atoms with Crippen LogP contribution in [0.5, 0.6) is 0 Å². The molecule has 3 rings (SSSR count). The number of fused-ring (bicyclic) bond motifs is 2. The molecule has 18 heavy (non-hydrogen) atoms. The minimum Gasteiger partial charge on any atom is -0.453 e. The molecule has 3 aliphatic rings. The van der Waals surface area contributed by atoms with E-state index in [1.165, 1.54) is 20.0 Å². The van der Waals surface area contributed by atoms with Gasteiger partial charge in [0.1, 0.15) is 0 Å². The molecule has 4 atom stereocenters. The van der Waals surface area contributed by atoms with Gasteiger partial charge >= 0.3 is 6.09 Å². The molecule has 1 amide bonds. The molecule has 100 valence electrons. The SMILES string of the molecule is COC(=O)N1CC[C@@H](NC[C@@H]2C[C@H]3C=C[C@H]2C3)C1. The Bertz CT molecular complexity index is 356. The summed E-state index contributed by atoms with van der Waals surface area (Å²) in [5.41, 5.74) is 0. The molecule has 0 aromatic carbocycles. The zero-order chi connectivity index (χ0) is 12.5. The van der Waals surface area contributed by atoms with Gasteiger partial charge in [-0.1, -0.05) is 12.2 Å². The Balaban J connectivity index is 1.42. The van der Waals surface area contributed by atoms with Gasteiger partial charge in [0.05, 0.1) is 7.11 Å². The number of ether oxygens (including phenoxy) is 1. The smallest absolute Gasteiger partial charge is 0.409 e. The van der Waals surface area contributed by atoms with Gasteiger partial charge in [-0.2, -0.15) is 0 Å². The van der Waals surface area contributed by atoms with Crippen LogP contribution in [0, 0.1) is 17.8 Å². The molecule has 2 aliphatic carbocycles. The molecule has 1 saturated heterocycles. The van der Waals surface area contributed by atoms with Crippen molar-refractivity contribution >= 4 is 6.09 Å². The standard InChI is InChI=1S/C14H22N2O2/c1-18-14(17)16-5-4-13(9-16)15-8-12-7-10-2-3-11(12)6-10/h2-3,10-13,15H,4-9H2,1H3/t10-,11-,12-,13+/m0/s1. The zero-order valence-corrected chi connectivity index (χ0v) is 11.0. The van der Waals surface area contributed by atoms with E-state index in [0.29, 0.717) is 6.04 Å². The molecule has 2 bridgehead atoms. The molecule has 1 aliphatic heterocycles. The van der Waals surface area contributed by atoms with Gasteiger partial charge in [0.25, 0.3) is 0 Å². The van der Waals surface area contributed by atoms with Crippen molar-refractivity contribution in [2.75, 3.05) is 26.7 Å². The van der Waals surface area contributed by atoms with E-state index in [1.807, 2.05) is 0 Å². The van der Waals surface area contributed by atoms with Crippen LogP contribution in [0.1, 0.15) is 19.3 Å². The number of rotatable bonds is 3. The van der Waals surface area contributed by atoms with E-state index in [9.17, 15) is 4.79 Å². The normalized spacial score (nSPS) is 37.5. The van der Waals surface area contributed by atoms with Crippen molar-refractivity contribution in [1.82, 2.24) is 10.2 Å². The monoisotopic (exact) mass is 250 g/mol. The number of likely N-dealkylation sites (tertiary alicyclic amines) is 1. The van der Waals surface area contributed by atoms with Crippen LogP contribution in [-0.4, -0.2) is 43.8 Å². The molecule has 4 heteroatoms. The minimum absolute atomic E-state index is 0.192. The molecule has 0 unspecified atom stereocenters. The molecular formula is C14H22N2O2. The predicted molar refractivity (Wildman–Crippen MR) is 69.2 cm³/mol. The van der Waals surface area contributed by atoms with E-state index >= 15 is 0 Å². The number of carbonyl (C=O) groups excluding carboxylic acids is 1. The Morgan fingerprint density at radius 1 is 1.44 bits per heavy atom. The van der Waals surface area contributed by atoms with E-state index in [1.54, 1.807) is 4.90 Å². The summed E-state index contributed by atoms with van der Waals surface area (Å²) in [4.78, 5) is 13.2. The van der Waals surface area contributed by atoms with Crippen molar-refractivity contribution in [1.29, 1.82) is 0 Å². The van der Waals surface area contributed by atoms with Crippen molar-refractivity contribution < 1.29 is 9.53 Å². The number of hydrogen-bond donors (Lipinski definition) is 1. The fourth-order valence-electron chi connectivity index (χ4n) is 3.67. The lowest BCUT2D eigenvalue weighted by atomic mass is 9.93. The third kappa shape index (κ3) is 2.26. The Morgan fingerprint density at radius 3 is 3.00 bits per heavy atom. The lowest BCUT2D eigenvalue weighted by molar-refractivity contribution is 0.132. The number of methoxy groups -OCH3 is 1. The van der Waals surface area contributed by atoms with Gasteiger partial charge in [0.2, 0.25) is 0 Å². The molecule has 0 aromatic rings. The van der Waals surface area contributed by atoms with Crippen molar-refractivity contribution in [2.45, 2.75) is 25.3 Å². The molecule has 0 spiro atoms. The van der Waals surface area contributed by atoms with Crippen molar-refractivity contribution in [2.24, 2.45) is 17.8 Å². The largest absolute Gasteiger partial charge is 0.453 e. The average molecular weight is 250 g/mol. The Kier molecular flexibility index (Phi) is 3.29. The average Bonchev–Trinajstić information content (AvgIpc) is 3.10. The van der Waals surface area contributed by atoms with Gasteiger partial charge < -0.3 is 15.0 Å². The van der Waals surface area contributed by atoms with Crippen LogP contribution in [0.25, 0.3) is 0 Å². The first-order chi connectivity index (χ1) is 8.76. The Hall–Kier alpha value is -1.03. The maximum Gasteiger partial charge on any atom is 0.409 e. The first-order valence-electron chi connectivity index (χ1n) is 7.01. The molecule has 1 heterocycles. The molecular weight excluding hydrogens is 228 g/mol. The lowest BCUT2D eigenvalue weighted by Crippen LogP contribution is -2.38. The van der Waals surface area contributed by atoms with Crippen LogP contribution in [0.3, 0.4) is 0 Å². The number of nitrogens with one attached hydrogen (secondary N) is 1. The molecule has 1 saturated carbocycles. The highest BCUT2D eigenvalue weighted by Gasteiger charge is 2.36. The molecule has 2 fully saturated rings. The van der Waals surface area contributed by atoms with Crippen LogP contribution in [0.15, 0.2) is 12.2 Å². The summed E-state index contributed by atoms with van der Waals surface area (Å²) in [5, 5.41) is 3.63. The van der Waals surface area contributed by atoms with Crippen LogP contribution >= 0.6 is 0 Å². The second-order valence-electron chi connectivity index (χ2n) is 5.85. The van der Waals surface area contributed by atoms with Crippen molar-refractivity contribution in [3.63, 3.8) is 0 Å². The molecule has 0 aromatic heterocycles. The number of nitrogens with zero attached hydrogens (tertiary/aromatic N) is 1. The summed E-state index contributed by atoms with van der Waals surface area (Å²) in [6.07, 6.45) is 8.35. The fraction of sp³-hybridized carbons (Fsp3) is 0.786. The molecule has 4 nitrogen and oxygen atoms in total. The van der Waals surface area contributed by atoms with E-state index in [2.05, 4.69) is 17.5 Å². The number of hydrogen-bond acceptors (Lipinski definition) is 3. The highest BCUT2D eigenvalue weighted by molar-refractivity contribution is 5.67. The summed E-state index contributed by atoms with van der Waals surface area (Å²) >= 11 is 0. The summed E-state index contributed by atoms with van der Waals surface area (Å²) < 4.78 is 4.75. The van der Waals surface area contributed by atoms with Gasteiger partial charge in [0.15, 0.2) is 0 Å². The van der Waals surface area contributed by atoms with E-state index in [0.717, 1.165) is 43.8 Å². The minimum atomic E-state index is -0.192. The highest BCUT2D eigenvalue weighted by atomic mass is 16.5. The first kappa shape index (κ1) is 12.0. The predicted octanol–water partition coefficient (Wildman–Crippen LogP) is 1.63. The zero-order valence-electron chi connectivity index (χ0n) is 11.0. The number of allylic oxidation sites excluding steroid dienone is 2. The van der Waals surface area contributed by atoms with Crippen LogP contribution in [0.2, 0.25) is 0 Å². The summed E-state index contributed by atoms with van der Waals surface area (Å²) in [6.45, 7) is 2.72. The first-order valence-corrected chi connectivity index (χ1v) is 7.01. The van der Waals surface area contributed by atoms with E-state index in [-0.39, 0.29) is 6.09 Å². The number of amides is 1. The maximum atomic E-state index is 11.4. The van der Waals surface area contributed by atoms with Crippen molar-refractivity contribution in [3.05, 3.63) is 12.2 Å². The topological polar surface area (TPSA) is 41.6 Å². The van der Waals surface area contributed by atoms with Crippen LogP contribution in [0.4, 0.5) is 4.79 Å². The van der Waals surface area contributed by atoms with Gasteiger partial charge in [-0.25, -0.2) is 4.79 Å². The summed E-state index contributed by atoms with van der Waals surface area (Å²) in [5.74, 6) is 2.46. The second-order valence-corrected chi connectivity index (χ2v) is 5.85. The maximum absolute atomic E-state index is 11.4.